The third kappa shape index (κ3) is 6.28. The minimum Gasteiger partial charge on any atom is -0.491 e. The molecule has 2 aromatic rings. The molecular formula is C22H26N2O7S. The molecule has 10 heteroatoms. The van der Waals surface area contributed by atoms with Crippen molar-refractivity contribution < 1.29 is 32.2 Å². The van der Waals surface area contributed by atoms with Gasteiger partial charge in [-0.05, 0) is 61.4 Å². The van der Waals surface area contributed by atoms with Gasteiger partial charge in [-0.15, -0.1) is 0 Å². The molecule has 0 aliphatic carbocycles. The van der Waals surface area contributed by atoms with Gasteiger partial charge in [-0.2, -0.15) is 0 Å². The zero-order valence-electron chi connectivity index (χ0n) is 17.9. The molecule has 32 heavy (non-hydrogen) atoms. The van der Waals surface area contributed by atoms with Crippen LogP contribution < -0.4 is 10.1 Å². The summed E-state index contributed by atoms with van der Waals surface area (Å²) in [7, 11) is -0.678. The Morgan fingerprint density at radius 1 is 1.09 bits per heavy atom. The third-order valence-corrected chi connectivity index (χ3v) is 6.63. The van der Waals surface area contributed by atoms with Crippen LogP contribution in [0.1, 0.15) is 23.2 Å². The molecule has 1 unspecified atom stereocenters. The SMILES string of the molecule is CN(C)S(=O)(=O)c1ccc(NC(=O)COC(=O)c2ccc(OCC3CCCO3)cc2)cc1. The molecule has 172 valence electrons. The van der Waals surface area contributed by atoms with Crippen LogP contribution in [-0.4, -0.2) is 64.6 Å². The first kappa shape index (κ1) is 23.7. The molecule has 1 aliphatic rings. The number of esters is 1. The highest BCUT2D eigenvalue weighted by molar-refractivity contribution is 7.89. The van der Waals surface area contributed by atoms with Gasteiger partial charge in [0, 0.05) is 26.4 Å². The van der Waals surface area contributed by atoms with Crippen molar-refractivity contribution in [2.45, 2.75) is 23.8 Å². The minimum absolute atomic E-state index is 0.103. The zero-order chi connectivity index (χ0) is 23.1. The first-order valence-electron chi connectivity index (χ1n) is 10.1. The lowest BCUT2D eigenvalue weighted by Crippen LogP contribution is -2.22. The number of amides is 1. The number of carbonyl (C=O) groups is 2. The van der Waals surface area contributed by atoms with Gasteiger partial charge in [0.25, 0.3) is 5.91 Å². The molecule has 1 amide bonds. The van der Waals surface area contributed by atoms with Crippen LogP contribution in [0.5, 0.6) is 5.75 Å². The van der Waals surface area contributed by atoms with Crippen molar-refractivity contribution in [2.75, 3.05) is 39.2 Å². The van der Waals surface area contributed by atoms with E-state index in [-0.39, 0.29) is 11.0 Å². The molecule has 0 spiro atoms. The fourth-order valence-electron chi connectivity index (χ4n) is 2.98. The molecule has 0 radical (unpaired) electrons. The van der Waals surface area contributed by atoms with Gasteiger partial charge >= 0.3 is 5.97 Å². The molecule has 1 atom stereocenters. The second-order valence-corrected chi connectivity index (χ2v) is 9.56. The minimum atomic E-state index is -3.55. The summed E-state index contributed by atoms with van der Waals surface area (Å²) in [4.78, 5) is 24.3. The van der Waals surface area contributed by atoms with E-state index < -0.39 is 28.5 Å². The van der Waals surface area contributed by atoms with Crippen molar-refractivity contribution in [1.29, 1.82) is 0 Å². The van der Waals surface area contributed by atoms with E-state index in [1.165, 1.54) is 38.4 Å². The summed E-state index contributed by atoms with van der Waals surface area (Å²) >= 11 is 0. The lowest BCUT2D eigenvalue weighted by atomic mass is 10.2. The summed E-state index contributed by atoms with van der Waals surface area (Å²) < 4.78 is 41.4. The molecule has 0 saturated carbocycles. The summed E-state index contributed by atoms with van der Waals surface area (Å²) in [6, 6.07) is 12.2. The fraction of sp³-hybridized carbons (Fsp3) is 0.364. The highest BCUT2D eigenvalue weighted by Crippen LogP contribution is 2.18. The van der Waals surface area contributed by atoms with Crippen LogP contribution in [0.3, 0.4) is 0 Å². The van der Waals surface area contributed by atoms with Gasteiger partial charge < -0.3 is 19.5 Å². The summed E-state index contributed by atoms with van der Waals surface area (Å²) in [5, 5.41) is 2.55. The molecule has 2 aromatic carbocycles. The summed E-state index contributed by atoms with van der Waals surface area (Å²) in [6.45, 7) is 0.746. The van der Waals surface area contributed by atoms with Gasteiger partial charge in [-0.3, -0.25) is 4.79 Å². The molecule has 1 fully saturated rings. The first-order valence-corrected chi connectivity index (χ1v) is 11.5. The predicted molar refractivity (Wildman–Crippen MR) is 117 cm³/mol. The molecule has 9 nitrogen and oxygen atoms in total. The summed E-state index contributed by atoms with van der Waals surface area (Å²) in [5.41, 5.74) is 0.678. The van der Waals surface area contributed by atoms with E-state index in [0.717, 1.165) is 23.8 Å². The quantitative estimate of drug-likeness (QED) is 0.569. The van der Waals surface area contributed by atoms with Gasteiger partial charge in [0.05, 0.1) is 16.6 Å². The fourth-order valence-corrected chi connectivity index (χ4v) is 3.89. The number of nitrogens with zero attached hydrogens (tertiary/aromatic N) is 1. The topological polar surface area (TPSA) is 111 Å². The van der Waals surface area contributed by atoms with E-state index in [4.69, 9.17) is 14.2 Å². The van der Waals surface area contributed by atoms with Crippen molar-refractivity contribution >= 4 is 27.6 Å². The van der Waals surface area contributed by atoms with Crippen molar-refractivity contribution in [2.24, 2.45) is 0 Å². The predicted octanol–water partition coefficient (Wildman–Crippen LogP) is 2.29. The van der Waals surface area contributed by atoms with Gasteiger partial charge in [-0.1, -0.05) is 0 Å². The molecule has 3 rings (SSSR count). The average Bonchev–Trinajstić information content (AvgIpc) is 3.30. The monoisotopic (exact) mass is 462 g/mol. The number of hydrogen-bond donors (Lipinski definition) is 1. The highest BCUT2D eigenvalue weighted by atomic mass is 32.2. The number of carbonyl (C=O) groups excluding carboxylic acids is 2. The van der Waals surface area contributed by atoms with Crippen molar-refractivity contribution in [1.82, 2.24) is 4.31 Å². The second-order valence-electron chi connectivity index (χ2n) is 7.41. The van der Waals surface area contributed by atoms with Crippen LogP contribution in [-0.2, 0) is 24.3 Å². The lowest BCUT2D eigenvalue weighted by Gasteiger charge is -2.12. The Kier molecular flexibility index (Phi) is 7.84. The number of hydrogen-bond acceptors (Lipinski definition) is 7. The number of ether oxygens (including phenoxy) is 3. The van der Waals surface area contributed by atoms with Crippen LogP contribution >= 0.6 is 0 Å². The van der Waals surface area contributed by atoms with E-state index in [9.17, 15) is 18.0 Å². The smallest absolute Gasteiger partial charge is 0.338 e. The third-order valence-electron chi connectivity index (χ3n) is 4.80. The Balaban J connectivity index is 1.45. The molecule has 1 heterocycles. The van der Waals surface area contributed by atoms with Crippen molar-refractivity contribution in [3.05, 3.63) is 54.1 Å². The Hall–Kier alpha value is -2.95. The van der Waals surface area contributed by atoms with Crippen molar-refractivity contribution in [3.63, 3.8) is 0 Å². The summed E-state index contributed by atoms with van der Waals surface area (Å²) in [5.74, 6) is -0.564. The van der Waals surface area contributed by atoms with Crippen LogP contribution in [0.25, 0.3) is 0 Å². The molecule has 1 saturated heterocycles. The van der Waals surface area contributed by atoms with Gasteiger partial charge in [0.15, 0.2) is 6.61 Å². The summed E-state index contributed by atoms with van der Waals surface area (Å²) in [6.07, 6.45) is 2.12. The Bertz CT molecular complexity index is 1030. The van der Waals surface area contributed by atoms with Crippen LogP contribution in [0.15, 0.2) is 53.4 Å². The van der Waals surface area contributed by atoms with Crippen LogP contribution in [0.2, 0.25) is 0 Å². The van der Waals surface area contributed by atoms with E-state index in [1.54, 1.807) is 24.3 Å². The Morgan fingerprint density at radius 3 is 2.38 bits per heavy atom. The number of benzene rings is 2. The largest absolute Gasteiger partial charge is 0.491 e. The van der Waals surface area contributed by atoms with Crippen molar-refractivity contribution in [3.8, 4) is 5.75 Å². The highest BCUT2D eigenvalue weighted by Gasteiger charge is 2.18. The van der Waals surface area contributed by atoms with E-state index in [0.29, 0.717) is 23.6 Å². The maximum atomic E-state index is 12.2. The molecule has 1 N–H and O–H groups in total. The van der Waals surface area contributed by atoms with E-state index in [2.05, 4.69) is 5.32 Å². The van der Waals surface area contributed by atoms with Gasteiger partial charge in [0.2, 0.25) is 10.0 Å². The van der Waals surface area contributed by atoms with Gasteiger partial charge in [0.1, 0.15) is 12.4 Å². The second kappa shape index (κ2) is 10.6. The maximum Gasteiger partial charge on any atom is 0.338 e. The molecule has 0 bridgehead atoms. The van der Waals surface area contributed by atoms with Gasteiger partial charge in [-0.25, -0.2) is 17.5 Å². The standard InChI is InChI=1S/C22H26N2O7S/c1-24(2)32(27,28)20-11-7-17(8-12-20)23-21(25)15-31-22(26)16-5-9-18(10-6-16)30-14-19-4-3-13-29-19/h5-12,19H,3-4,13-15H2,1-2H3,(H,23,25). The molecule has 0 aromatic heterocycles. The zero-order valence-corrected chi connectivity index (χ0v) is 18.8. The number of nitrogens with one attached hydrogen (secondary N) is 1. The Morgan fingerprint density at radius 2 is 1.78 bits per heavy atom. The van der Waals surface area contributed by atoms with E-state index in [1.807, 2.05) is 0 Å². The van der Waals surface area contributed by atoms with Crippen LogP contribution in [0, 0.1) is 0 Å². The number of sulfonamides is 1. The normalized spacial score (nSPS) is 16.0. The van der Waals surface area contributed by atoms with Crippen LogP contribution in [0.4, 0.5) is 5.69 Å². The first-order chi connectivity index (χ1) is 15.3. The number of anilines is 1. The lowest BCUT2D eigenvalue weighted by molar-refractivity contribution is -0.119. The molecule has 1 aliphatic heterocycles. The average molecular weight is 463 g/mol. The maximum absolute atomic E-state index is 12.2. The molecular weight excluding hydrogens is 436 g/mol. The Labute approximate surface area is 187 Å². The van der Waals surface area contributed by atoms with E-state index >= 15 is 0 Å². The number of rotatable bonds is 9.